The van der Waals surface area contributed by atoms with Crippen molar-refractivity contribution in [2.45, 2.75) is 0 Å². The van der Waals surface area contributed by atoms with Crippen LogP contribution in [0.15, 0.2) is 45.6 Å². The monoisotopic (exact) mass is 373 g/mol. The Balaban J connectivity index is 1.94. The van der Waals surface area contributed by atoms with Crippen LogP contribution < -0.4 is 15.3 Å². The van der Waals surface area contributed by atoms with Crippen molar-refractivity contribution in [1.82, 2.24) is 0 Å². The molecule has 8 heteroatoms. The van der Waals surface area contributed by atoms with Gasteiger partial charge in [-0.1, -0.05) is 0 Å². The molecule has 0 saturated heterocycles. The number of hydrogen-bond donors (Lipinski definition) is 0. The number of carbonyl (C=O) groups excluding carboxylic acids is 2. The molecule has 0 radical (unpaired) electrons. The van der Waals surface area contributed by atoms with Crippen LogP contribution in [-0.4, -0.2) is 33.1 Å². The number of esters is 1. The number of fused-ring (bicyclic) bond motifs is 1. The molecule has 0 saturated carbocycles. The van der Waals surface area contributed by atoms with Gasteiger partial charge in [-0.3, -0.25) is 4.79 Å². The van der Waals surface area contributed by atoms with Crippen LogP contribution in [0.3, 0.4) is 0 Å². The molecule has 3 rings (SSSR count). The number of methoxy groups -OCH3 is 2. The number of ether oxygens (including phenoxy) is 2. The van der Waals surface area contributed by atoms with Crippen molar-refractivity contribution in [2.75, 3.05) is 26.2 Å². The van der Waals surface area contributed by atoms with Gasteiger partial charge in [0.2, 0.25) is 0 Å². The van der Waals surface area contributed by atoms with Crippen LogP contribution in [0.1, 0.15) is 20.7 Å². The van der Waals surface area contributed by atoms with E-state index in [4.69, 9.17) is 9.15 Å². The standard InChI is InChI=1S/C18H15NO6S/c1-19(16(20)10-4-6-11(23-2)7-5-10)15-9-13-14(26-15)8-12(17(21)24-3)18(22)25-13/h4-9H,1-3H3. The molecule has 0 aliphatic rings. The second kappa shape index (κ2) is 7.01. The summed E-state index contributed by atoms with van der Waals surface area (Å²) in [6.07, 6.45) is 0. The van der Waals surface area contributed by atoms with Gasteiger partial charge in [0.25, 0.3) is 5.91 Å². The third-order valence-electron chi connectivity index (χ3n) is 3.79. The molecule has 134 valence electrons. The molecule has 0 unspecified atom stereocenters. The van der Waals surface area contributed by atoms with E-state index in [-0.39, 0.29) is 11.5 Å². The fourth-order valence-corrected chi connectivity index (χ4v) is 3.33. The fraction of sp³-hybridized carbons (Fsp3) is 0.167. The van der Waals surface area contributed by atoms with Crippen LogP contribution in [0.25, 0.3) is 10.3 Å². The van der Waals surface area contributed by atoms with Gasteiger partial charge in [-0.2, -0.15) is 0 Å². The van der Waals surface area contributed by atoms with Crippen LogP contribution in [0.4, 0.5) is 5.00 Å². The van der Waals surface area contributed by atoms with E-state index in [1.165, 1.54) is 29.4 Å². The summed E-state index contributed by atoms with van der Waals surface area (Å²) in [6, 6.07) is 9.74. The molecule has 3 aromatic rings. The van der Waals surface area contributed by atoms with Gasteiger partial charge >= 0.3 is 11.6 Å². The summed E-state index contributed by atoms with van der Waals surface area (Å²) in [7, 11) is 4.36. The van der Waals surface area contributed by atoms with Crippen molar-refractivity contribution < 1.29 is 23.5 Å². The first-order valence-corrected chi connectivity index (χ1v) is 8.34. The molecule has 2 heterocycles. The Morgan fingerprint density at radius 2 is 1.81 bits per heavy atom. The molecular weight excluding hydrogens is 358 g/mol. The zero-order valence-electron chi connectivity index (χ0n) is 14.3. The highest BCUT2D eigenvalue weighted by Gasteiger charge is 2.19. The van der Waals surface area contributed by atoms with Gasteiger partial charge in [-0.25, -0.2) is 9.59 Å². The molecule has 0 spiro atoms. The predicted octanol–water partition coefficient (Wildman–Crippen LogP) is 2.93. The van der Waals surface area contributed by atoms with Crippen LogP contribution in [0, 0.1) is 0 Å². The molecule has 7 nitrogen and oxygen atoms in total. The summed E-state index contributed by atoms with van der Waals surface area (Å²) in [4.78, 5) is 37.6. The first-order chi connectivity index (χ1) is 12.4. The molecule has 0 bridgehead atoms. The molecule has 0 fully saturated rings. The summed E-state index contributed by atoms with van der Waals surface area (Å²) >= 11 is 1.23. The van der Waals surface area contributed by atoms with E-state index in [1.54, 1.807) is 44.5 Å². The third-order valence-corrected chi connectivity index (χ3v) is 4.93. The summed E-state index contributed by atoms with van der Waals surface area (Å²) < 4.78 is 15.4. The number of nitrogens with zero attached hydrogens (tertiary/aromatic N) is 1. The SMILES string of the molecule is COC(=O)c1cc2sc(N(C)C(=O)c3ccc(OC)cc3)cc2oc1=O. The van der Waals surface area contributed by atoms with Crippen LogP contribution in [-0.2, 0) is 4.74 Å². The number of rotatable bonds is 4. The van der Waals surface area contributed by atoms with Gasteiger partial charge in [0.1, 0.15) is 16.3 Å². The highest BCUT2D eigenvalue weighted by molar-refractivity contribution is 7.22. The molecule has 2 aromatic heterocycles. The molecule has 0 aliphatic heterocycles. The first kappa shape index (κ1) is 17.7. The van der Waals surface area contributed by atoms with Gasteiger partial charge in [-0.15, -0.1) is 11.3 Å². The molecule has 0 N–H and O–H groups in total. The summed E-state index contributed by atoms with van der Waals surface area (Å²) in [5.41, 5.74) is -0.171. The highest BCUT2D eigenvalue weighted by atomic mass is 32.1. The van der Waals surface area contributed by atoms with Crippen LogP contribution >= 0.6 is 11.3 Å². The Morgan fingerprint density at radius 3 is 2.42 bits per heavy atom. The van der Waals surface area contributed by atoms with Crippen molar-refractivity contribution >= 4 is 38.5 Å². The van der Waals surface area contributed by atoms with Gasteiger partial charge in [0.05, 0.1) is 18.9 Å². The number of amides is 1. The minimum Gasteiger partial charge on any atom is -0.497 e. The minimum atomic E-state index is -0.780. The minimum absolute atomic E-state index is 0.183. The number of hydrogen-bond acceptors (Lipinski definition) is 7. The lowest BCUT2D eigenvalue weighted by Gasteiger charge is -2.14. The van der Waals surface area contributed by atoms with Crippen molar-refractivity contribution in [3.05, 3.63) is 57.9 Å². The topological polar surface area (TPSA) is 86.1 Å². The van der Waals surface area contributed by atoms with Crippen molar-refractivity contribution in [3.63, 3.8) is 0 Å². The highest BCUT2D eigenvalue weighted by Crippen LogP contribution is 2.32. The normalized spacial score (nSPS) is 10.6. The first-order valence-electron chi connectivity index (χ1n) is 7.52. The molecule has 0 aliphatic carbocycles. The van der Waals surface area contributed by atoms with E-state index in [0.29, 0.717) is 26.6 Å². The van der Waals surface area contributed by atoms with E-state index in [1.807, 2.05) is 0 Å². The van der Waals surface area contributed by atoms with E-state index in [0.717, 1.165) is 0 Å². The van der Waals surface area contributed by atoms with Crippen molar-refractivity contribution in [1.29, 1.82) is 0 Å². The van der Waals surface area contributed by atoms with E-state index < -0.39 is 11.6 Å². The van der Waals surface area contributed by atoms with E-state index in [9.17, 15) is 14.4 Å². The molecule has 1 amide bonds. The summed E-state index contributed by atoms with van der Waals surface area (Å²) in [6.45, 7) is 0. The van der Waals surface area contributed by atoms with E-state index >= 15 is 0 Å². The lowest BCUT2D eigenvalue weighted by molar-refractivity contribution is 0.0596. The lowest BCUT2D eigenvalue weighted by Crippen LogP contribution is -2.25. The number of benzene rings is 1. The average Bonchev–Trinajstić information content (AvgIpc) is 3.08. The predicted molar refractivity (Wildman–Crippen MR) is 97.4 cm³/mol. The molecular formula is C18H15NO6S. The molecule has 1 aromatic carbocycles. The Morgan fingerprint density at radius 1 is 1.12 bits per heavy atom. The zero-order valence-corrected chi connectivity index (χ0v) is 15.1. The Bertz CT molecular complexity index is 1030. The Hall–Kier alpha value is -3.13. The maximum Gasteiger partial charge on any atom is 0.351 e. The van der Waals surface area contributed by atoms with Crippen molar-refractivity contribution in [2.24, 2.45) is 0 Å². The number of anilines is 1. The molecule has 0 atom stereocenters. The third kappa shape index (κ3) is 3.18. The zero-order chi connectivity index (χ0) is 18.8. The second-order valence-corrected chi connectivity index (χ2v) is 6.41. The van der Waals surface area contributed by atoms with E-state index in [2.05, 4.69) is 4.74 Å². The summed E-state index contributed by atoms with van der Waals surface area (Å²) in [5, 5.41) is 0.575. The van der Waals surface area contributed by atoms with Gasteiger partial charge in [-0.05, 0) is 30.3 Å². The van der Waals surface area contributed by atoms with Gasteiger partial charge in [0, 0.05) is 18.7 Å². The fourth-order valence-electron chi connectivity index (χ4n) is 2.35. The molecule has 26 heavy (non-hydrogen) atoms. The Kier molecular flexibility index (Phi) is 4.77. The van der Waals surface area contributed by atoms with Gasteiger partial charge in [0.15, 0.2) is 5.58 Å². The average molecular weight is 373 g/mol. The quantitative estimate of drug-likeness (QED) is 0.654. The van der Waals surface area contributed by atoms with Crippen LogP contribution in [0.2, 0.25) is 0 Å². The largest absolute Gasteiger partial charge is 0.497 e. The maximum absolute atomic E-state index is 12.6. The Labute approximate surface area is 152 Å². The summed E-state index contributed by atoms with van der Waals surface area (Å²) in [5.74, 6) is -0.337. The van der Waals surface area contributed by atoms with Gasteiger partial charge < -0.3 is 18.8 Å². The second-order valence-electron chi connectivity index (χ2n) is 5.34. The number of carbonyl (C=O) groups is 2. The lowest BCUT2D eigenvalue weighted by atomic mass is 10.2. The van der Waals surface area contributed by atoms with Crippen molar-refractivity contribution in [3.8, 4) is 5.75 Å². The number of thiophene rings is 1. The smallest absolute Gasteiger partial charge is 0.351 e. The van der Waals surface area contributed by atoms with Crippen LogP contribution in [0.5, 0.6) is 5.75 Å². The maximum atomic E-state index is 12.6.